The van der Waals surface area contributed by atoms with E-state index in [1.165, 1.54) is 16.8 Å². The number of ether oxygens (including phenoxy) is 1. The zero-order chi connectivity index (χ0) is 11.5. The Balaban J connectivity index is 3.11. The van der Waals surface area contributed by atoms with Crippen molar-refractivity contribution in [1.82, 2.24) is 0 Å². The minimum absolute atomic E-state index is 0.0297. The highest BCUT2D eigenvalue weighted by Gasteiger charge is 2.35. The summed E-state index contributed by atoms with van der Waals surface area (Å²) in [6.45, 7) is 0. The third kappa shape index (κ3) is 3.09. The quantitative estimate of drug-likeness (QED) is 0.583. The van der Waals surface area contributed by atoms with Gasteiger partial charge in [-0.05, 0) is 22.4 Å². The van der Waals surface area contributed by atoms with Crippen LogP contribution in [0.3, 0.4) is 0 Å². The molecule has 0 bridgehead atoms. The molecule has 15 heavy (non-hydrogen) atoms. The first kappa shape index (κ1) is 11.8. The zero-order valence-corrected chi connectivity index (χ0v) is 8.48. The lowest BCUT2D eigenvalue weighted by Gasteiger charge is -2.09. The average Bonchev–Trinajstić information content (AvgIpc) is 2.64. The van der Waals surface area contributed by atoms with Gasteiger partial charge in [-0.1, -0.05) is 0 Å². The molecule has 0 aromatic carbocycles. The Kier molecular flexibility index (Phi) is 3.52. The number of thiophene rings is 1. The first-order chi connectivity index (χ1) is 6.95. The largest absolute Gasteiger partial charge is 0.466 e. The van der Waals surface area contributed by atoms with Gasteiger partial charge in [-0.15, -0.1) is 0 Å². The molecule has 0 aliphatic rings. The van der Waals surface area contributed by atoms with Gasteiger partial charge in [0.1, 0.15) is 0 Å². The van der Waals surface area contributed by atoms with Gasteiger partial charge in [0.15, 0.2) is 0 Å². The molecule has 0 spiro atoms. The molecule has 0 N–H and O–H groups in total. The fourth-order valence-corrected chi connectivity index (χ4v) is 1.58. The summed E-state index contributed by atoms with van der Waals surface area (Å²) in [5, 5.41) is 2.83. The lowest BCUT2D eigenvalue weighted by Crippen LogP contribution is -2.12. The summed E-state index contributed by atoms with van der Waals surface area (Å²) < 4.78 is 41.7. The SMILES string of the molecule is COC(=O)/C=C(\c1ccsc1)C(F)(F)F. The van der Waals surface area contributed by atoms with Gasteiger partial charge in [0.05, 0.1) is 12.7 Å². The summed E-state index contributed by atoms with van der Waals surface area (Å²) in [5.41, 5.74) is -1.02. The highest BCUT2D eigenvalue weighted by atomic mass is 32.1. The Morgan fingerprint density at radius 2 is 2.20 bits per heavy atom. The third-order valence-corrected chi connectivity index (χ3v) is 2.28. The molecule has 0 fully saturated rings. The minimum atomic E-state index is -4.56. The molecule has 0 aliphatic carbocycles. The first-order valence-corrected chi connectivity index (χ1v) is 4.79. The molecule has 1 rings (SSSR count). The van der Waals surface area contributed by atoms with Crippen LogP contribution >= 0.6 is 11.3 Å². The van der Waals surface area contributed by atoms with Crippen LogP contribution in [0, 0.1) is 0 Å². The number of methoxy groups -OCH3 is 1. The second-order valence-electron chi connectivity index (χ2n) is 2.59. The van der Waals surface area contributed by atoms with Crippen molar-refractivity contribution in [2.75, 3.05) is 7.11 Å². The molecule has 0 unspecified atom stereocenters. The predicted molar refractivity (Wildman–Crippen MR) is 50.4 cm³/mol. The fourth-order valence-electron chi connectivity index (χ4n) is 0.923. The summed E-state index contributed by atoms with van der Waals surface area (Å²) >= 11 is 1.13. The Morgan fingerprint density at radius 1 is 1.53 bits per heavy atom. The van der Waals surface area contributed by atoms with E-state index in [0.29, 0.717) is 6.08 Å². The monoisotopic (exact) mass is 236 g/mol. The second kappa shape index (κ2) is 4.48. The van der Waals surface area contributed by atoms with E-state index in [0.717, 1.165) is 18.4 Å². The average molecular weight is 236 g/mol. The van der Waals surface area contributed by atoms with Gasteiger partial charge in [-0.25, -0.2) is 4.79 Å². The molecule has 0 aliphatic heterocycles. The molecule has 0 amide bonds. The highest BCUT2D eigenvalue weighted by Crippen LogP contribution is 2.34. The minimum Gasteiger partial charge on any atom is -0.466 e. The van der Waals surface area contributed by atoms with E-state index in [4.69, 9.17) is 0 Å². The van der Waals surface area contributed by atoms with E-state index >= 15 is 0 Å². The fraction of sp³-hybridized carbons (Fsp3) is 0.222. The maximum atomic E-state index is 12.5. The molecule has 6 heteroatoms. The van der Waals surface area contributed by atoms with E-state index in [2.05, 4.69) is 4.74 Å². The Morgan fingerprint density at radius 3 is 2.60 bits per heavy atom. The number of carbonyl (C=O) groups is 1. The van der Waals surface area contributed by atoms with E-state index < -0.39 is 17.7 Å². The first-order valence-electron chi connectivity index (χ1n) is 3.84. The zero-order valence-electron chi connectivity index (χ0n) is 7.67. The van der Waals surface area contributed by atoms with Gasteiger partial charge in [0, 0.05) is 6.08 Å². The third-order valence-electron chi connectivity index (χ3n) is 1.60. The molecule has 0 atom stereocenters. The molecule has 1 heterocycles. The summed E-state index contributed by atoms with van der Waals surface area (Å²) in [5.74, 6) is -1.02. The van der Waals surface area contributed by atoms with Gasteiger partial charge >= 0.3 is 12.1 Å². The normalized spacial score (nSPS) is 12.7. The van der Waals surface area contributed by atoms with Crippen molar-refractivity contribution in [2.24, 2.45) is 0 Å². The maximum absolute atomic E-state index is 12.5. The molecule has 2 nitrogen and oxygen atoms in total. The lowest BCUT2D eigenvalue weighted by atomic mass is 10.1. The van der Waals surface area contributed by atoms with E-state index in [-0.39, 0.29) is 5.56 Å². The molecule has 0 saturated carbocycles. The van der Waals surface area contributed by atoms with Crippen LogP contribution in [0.4, 0.5) is 13.2 Å². The van der Waals surface area contributed by atoms with Gasteiger partial charge in [0.25, 0.3) is 0 Å². The van der Waals surface area contributed by atoms with Crippen LogP contribution in [0.2, 0.25) is 0 Å². The van der Waals surface area contributed by atoms with Crippen LogP contribution in [-0.4, -0.2) is 19.3 Å². The topological polar surface area (TPSA) is 26.3 Å². The number of rotatable bonds is 2. The molecular weight excluding hydrogens is 229 g/mol. The summed E-state index contributed by atoms with van der Waals surface area (Å²) in [6.07, 6.45) is -4.11. The molecule has 0 saturated heterocycles. The molecular formula is C9H7F3O2S. The number of esters is 1. The number of hydrogen-bond acceptors (Lipinski definition) is 3. The van der Waals surface area contributed by atoms with Gasteiger partial charge in [-0.3, -0.25) is 0 Å². The van der Waals surface area contributed by atoms with E-state index in [9.17, 15) is 18.0 Å². The van der Waals surface area contributed by atoms with Crippen molar-refractivity contribution < 1.29 is 22.7 Å². The molecule has 82 valence electrons. The number of hydrogen-bond donors (Lipinski definition) is 0. The molecule has 1 aromatic rings. The Labute approximate surface area is 88.0 Å². The van der Waals surface area contributed by atoms with Crippen LogP contribution in [0.5, 0.6) is 0 Å². The maximum Gasteiger partial charge on any atom is 0.417 e. The summed E-state index contributed by atoms with van der Waals surface area (Å²) in [4.78, 5) is 10.8. The van der Waals surface area contributed by atoms with Crippen molar-refractivity contribution in [1.29, 1.82) is 0 Å². The standard InChI is InChI=1S/C9H7F3O2S/c1-14-8(13)4-7(9(10,11)12)6-2-3-15-5-6/h2-5H,1H3/b7-4+. The van der Waals surface area contributed by atoms with Crippen molar-refractivity contribution in [3.05, 3.63) is 28.5 Å². The number of alkyl halides is 3. The summed E-state index contributed by atoms with van der Waals surface area (Å²) in [7, 11) is 1.03. The lowest BCUT2D eigenvalue weighted by molar-refractivity contribution is -0.135. The molecule has 0 radical (unpaired) electrons. The highest BCUT2D eigenvalue weighted by molar-refractivity contribution is 7.08. The van der Waals surface area contributed by atoms with Crippen molar-refractivity contribution in [2.45, 2.75) is 6.18 Å². The van der Waals surface area contributed by atoms with Crippen LogP contribution in [0.15, 0.2) is 22.9 Å². The Bertz CT molecular complexity index is 365. The smallest absolute Gasteiger partial charge is 0.417 e. The van der Waals surface area contributed by atoms with E-state index in [1.807, 2.05) is 0 Å². The number of halogens is 3. The van der Waals surface area contributed by atoms with Crippen LogP contribution in [0.1, 0.15) is 5.56 Å². The van der Waals surface area contributed by atoms with Crippen molar-refractivity contribution >= 4 is 22.9 Å². The van der Waals surface area contributed by atoms with E-state index in [1.54, 1.807) is 0 Å². The predicted octanol–water partition coefficient (Wildman–Crippen LogP) is 2.87. The van der Waals surface area contributed by atoms with Crippen molar-refractivity contribution in [3.63, 3.8) is 0 Å². The van der Waals surface area contributed by atoms with Crippen LogP contribution in [-0.2, 0) is 9.53 Å². The number of allylic oxidation sites excluding steroid dienone is 1. The van der Waals surface area contributed by atoms with Crippen molar-refractivity contribution in [3.8, 4) is 0 Å². The summed E-state index contributed by atoms with van der Waals surface area (Å²) in [6, 6.07) is 1.30. The van der Waals surface area contributed by atoms with Gasteiger partial charge in [0.2, 0.25) is 0 Å². The van der Waals surface area contributed by atoms with Crippen LogP contribution in [0.25, 0.3) is 5.57 Å². The molecule has 1 aromatic heterocycles. The second-order valence-corrected chi connectivity index (χ2v) is 3.37. The Hall–Kier alpha value is -1.30. The number of carbonyl (C=O) groups excluding carboxylic acids is 1. The van der Waals surface area contributed by atoms with Gasteiger partial charge < -0.3 is 4.74 Å². The van der Waals surface area contributed by atoms with Gasteiger partial charge in [-0.2, -0.15) is 24.5 Å². The van der Waals surface area contributed by atoms with Crippen LogP contribution < -0.4 is 0 Å².